The van der Waals surface area contributed by atoms with Crippen molar-refractivity contribution in [2.75, 3.05) is 6.79 Å². The minimum Gasteiger partial charge on any atom is -0.454 e. The smallest absolute Gasteiger partial charge is 0.231 e. The number of nitrogens with one attached hydrogen (secondary N) is 1. The molecule has 1 aromatic carbocycles. The Kier molecular flexibility index (Phi) is 3.89. The van der Waals surface area contributed by atoms with Crippen LogP contribution in [0, 0.1) is 6.92 Å². The van der Waals surface area contributed by atoms with Gasteiger partial charge in [0.2, 0.25) is 6.79 Å². The molecule has 0 amide bonds. The second kappa shape index (κ2) is 5.81. The SMILES string of the molecule is Cc1ccncc1CNCc1cc(Br)c2c(c1)OCO2. The van der Waals surface area contributed by atoms with Crippen LogP contribution in [0.3, 0.4) is 0 Å². The van der Waals surface area contributed by atoms with Gasteiger partial charge in [-0.1, -0.05) is 0 Å². The Morgan fingerprint density at radius 2 is 2.20 bits per heavy atom. The second-order valence-corrected chi connectivity index (χ2v) is 5.57. The van der Waals surface area contributed by atoms with E-state index in [0.717, 1.165) is 34.6 Å². The van der Waals surface area contributed by atoms with Crippen molar-refractivity contribution >= 4 is 15.9 Å². The van der Waals surface area contributed by atoms with Crippen LogP contribution in [-0.4, -0.2) is 11.8 Å². The van der Waals surface area contributed by atoms with Crippen molar-refractivity contribution in [3.05, 3.63) is 51.8 Å². The van der Waals surface area contributed by atoms with Gasteiger partial charge in [0.1, 0.15) is 0 Å². The Hall–Kier alpha value is -1.59. The van der Waals surface area contributed by atoms with E-state index in [1.807, 2.05) is 24.5 Å². The van der Waals surface area contributed by atoms with E-state index < -0.39 is 0 Å². The summed E-state index contributed by atoms with van der Waals surface area (Å²) in [4.78, 5) is 4.15. The molecule has 20 heavy (non-hydrogen) atoms. The maximum Gasteiger partial charge on any atom is 0.231 e. The Morgan fingerprint density at radius 3 is 3.05 bits per heavy atom. The molecule has 2 aromatic rings. The highest BCUT2D eigenvalue weighted by Gasteiger charge is 2.17. The third-order valence-corrected chi connectivity index (χ3v) is 3.87. The van der Waals surface area contributed by atoms with Gasteiger partial charge in [-0.25, -0.2) is 0 Å². The van der Waals surface area contributed by atoms with E-state index >= 15 is 0 Å². The van der Waals surface area contributed by atoms with Crippen LogP contribution in [0.5, 0.6) is 11.5 Å². The van der Waals surface area contributed by atoms with Gasteiger partial charge in [0.05, 0.1) is 4.47 Å². The van der Waals surface area contributed by atoms with Crippen LogP contribution in [0.1, 0.15) is 16.7 Å². The van der Waals surface area contributed by atoms with Crippen molar-refractivity contribution in [3.8, 4) is 11.5 Å². The van der Waals surface area contributed by atoms with Crippen LogP contribution in [-0.2, 0) is 13.1 Å². The zero-order chi connectivity index (χ0) is 13.9. The lowest BCUT2D eigenvalue weighted by atomic mass is 10.1. The van der Waals surface area contributed by atoms with Crippen molar-refractivity contribution < 1.29 is 9.47 Å². The fraction of sp³-hybridized carbons (Fsp3) is 0.267. The molecule has 0 fully saturated rings. The first-order chi connectivity index (χ1) is 9.74. The van der Waals surface area contributed by atoms with Gasteiger partial charge in [-0.2, -0.15) is 0 Å². The number of benzene rings is 1. The summed E-state index contributed by atoms with van der Waals surface area (Å²) in [6, 6.07) is 6.08. The molecule has 4 nitrogen and oxygen atoms in total. The number of pyridine rings is 1. The Morgan fingerprint density at radius 1 is 1.30 bits per heavy atom. The van der Waals surface area contributed by atoms with Gasteiger partial charge in [0.15, 0.2) is 11.5 Å². The fourth-order valence-corrected chi connectivity index (χ4v) is 2.75. The van der Waals surface area contributed by atoms with Crippen LogP contribution in [0.2, 0.25) is 0 Å². The number of aromatic nitrogens is 1. The summed E-state index contributed by atoms with van der Waals surface area (Å²) in [5.74, 6) is 1.59. The van der Waals surface area contributed by atoms with Gasteiger partial charge in [-0.05, 0) is 57.7 Å². The van der Waals surface area contributed by atoms with E-state index in [9.17, 15) is 0 Å². The third kappa shape index (κ3) is 2.78. The maximum atomic E-state index is 5.41. The Bertz CT molecular complexity index is 631. The standard InChI is InChI=1S/C15H15BrN2O2/c1-10-2-3-17-7-12(10)8-18-6-11-4-13(16)15-14(5-11)19-9-20-15/h2-5,7,18H,6,8-9H2,1H3. The highest BCUT2D eigenvalue weighted by Crippen LogP contribution is 2.39. The molecule has 1 N–H and O–H groups in total. The molecule has 0 aliphatic carbocycles. The molecule has 1 aliphatic heterocycles. The van der Waals surface area contributed by atoms with Crippen molar-refractivity contribution in [2.45, 2.75) is 20.0 Å². The van der Waals surface area contributed by atoms with Crippen molar-refractivity contribution in [1.29, 1.82) is 0 Å². The van der Waals surface area contributed by atoms with Crippen molar-refractivity contribution in [3.63, 3.8) is 0 Å². The molecule has 104 valence electrons. The molecule has 0 saturated heterocycles. The largest absolute Gasteiger partial charge is 0.454 e. The molecule has 1 aromatic heterocycles. The van der Waals surface area contributed by atoms with E-state index in [1.54, 1.807) is 0 Å². The number of hydrogen-bond donors (Lipinski definition) is 1. The van der Waals surface area contributed by atoms with E-state index in [2.05, 4.69) is 39.2 Å². The van der Waals surface area contributed by atoms with Crippen LogP contribution in [0.25, 0.3) is 0 Å². The first-order valence-electron chi connectivity index (χ1n) is 6.42. The van der Waals surface area contributed by atoms with Gasteiger partial charge < -0.3 is 14.8 Å². The summed E-state index contributed by atoms with van der Waals surface area (Å²) in [5.41, 5.74) is 3.62. The lowest BCUT2D eigenvalue weighted by Crippen LogP contribution is -2.13. The lowest BCUT2D eigenvalue weighted by Gasteiger charge is -2.08. The normalized spacial score (nSPS) is 12.7. The first kappa shape index (κ1) is 13.4. The molecule has 0 bridgehead atoms. The van der Waals surface area contributed by atoms with Crippen molar-refractivity contribution in [2.24, 2.45) is 0 Å². The van der Waals surface area contributed by atoms with Crippen LogP contribution in [0.15, 0.2) is 35.1 Å². The molecule has 1 aliphatic rings. The Balaban J connectivity index is 1.65. The van der Waals surface area contributed by atoms with E-state index in [4.69, 9.17) is 9.47 Å². The van der Waals surface area contributed by atoms with Crippen LogP contribution < -0.4 is 14.8 Å². The molecular formula is C15H15BrN2O2. The van der Waals surface area contributed by atoms with Gasteiger partial charge in [0.25, 0.3) is 0 Å². The molecule has 0 saturated carbocycles. The van der Waals surface area contributed by atoms with Gasteiger partial charge in [0, 0.05) is 25.5 Å². The summed E-state index contributed by atoms with van der Waals surface area (Å²) >= 11 is 3.50. The highest BCUT2D eigenvalue weighted by molar-refractivity contribution is 9.10. The molecule has 3 rings (SSSR count). The zero-order valence-electron chi connectivity index (χ0n) is 11.1. The number of aryl methyl sites for hydroxylation is 1. The molecule has 0 radical (unpaired) electrons. The third-order valence-electron chi connectivity index (χ3n) is 3.28. The average Bonchev–Trinajstić information content (AvgIpc) is 2.90. The van der Waals surface area contributed by atoms with Gasteiger partial charge in [-0.3, -0.25) is 4.98 Å². The second-order valence-electron chi connectivity index (χ2n) is 4.72. The van der Waals surface area contributed by atoms with E-state index in [-0.39, 0.29) is 0 Å². The molecule has 2 heterocycles. The molecule has 0 unspecified atom stereocenters. The topological polar surface area (TPSA) is 43.4 Å². The van der Waals surface area contributed by atoms with E-state index in [0.29, 0.717) is 6.79 Å². The predicted octanol–water partition coefficient (Wildman–Crippen LogP) is 3.17. The number of hydrogen-bond acceptors (Lipinski definition) is 4. The number of rotatable bonds is 4. The number of nitrogens with zero attached hydrogens (tertiary/aromatic N) is 1. The van der Waals surface area contributed by atoms with Gasteiger partial charge >= 0.3 is 0 Å². The zero-order valence-corrected chi connectivity index (χ0v) is 12.7. The summed E-state index contributed by atoms with van der Waals surface area (Å²) in [5, 5.41) is 3.42. The van der Waals surface area contributed by atoms with Gasteiger partial charge in [-0.15, -0.1) is 0 Å². The van der Waals surface area contributed by atoms with E-state index in [1.165, 1.54) is 11.1 Å². The van der Waals surface area contributed by atoms with Crippen LogP contribution in [0.4, 0.5) is 0 Å². The quantitative estimate of drug-likeness (QED) is 0.932. The summed E-state index contributed by atoms with van der Waals surface area (Å²) < 4.78 is 11.7. The number of halogens is 1. The minimum absolute atomic E-state index is 0.291. The number of fused-ring (bicyclic) bond motifs is 1. The highest BCUT2D eigenvalue weighted by atomic mass is 79.9. The minimum atomic E-state index is 0.291. The number of ether oxygens (including phenoxy) is 2. The summed E-state index contributed by atoms with van der Waals surface area (Å²) in [6.45, 7) is 3.95. The lowest BCUT2D eigenvalue weighted by molar-refractivity contribution is 0.173. The summed E-state index contributed by atoms with van der Waals surface area (Å²) in [7, 11) is 0. The fourth-order valence-electron chi connectivity index (χ4n) is 2.15. The maximum absolute atomic E-state index is 5.41. The predicted molar refractivity (Wildman–Crippen MR) is 79.8 cm³/mol. The molecule has 0 atom stereocenters. The monoisotopic (exact) mass is 334 g/mol. The molecule has 5 heteroatoms. The van der Waals surface area contributed by atoms with Crippen LogP contribution >= 0.6 is 15.9 Å². The Labute approximate surface area is 126 Å². The average molecular weight is 335 g/mol. The van der Waals surface area contributed by atoms with Crippen molar-refractivity contribution in [1.82, 2.24) is 10.3 Å². The summed E-state index contributed by atoms with van der Waals surface area (Å²) in [6.07, 6.45) is 3.71. The first-order valence-corrected chi connectivity index (χ1v) is 7.21. The molecule has 0 spiro atoms. The molecular weight excluding hydrogens is 320 g/mol.